The number of aliphatic hydroxyl groups excluding tert-OH is 1. The predicted octanol–water partition coefficient (Wildman–Crippen LogP) is 2.13. The second-order valence-electron chi connectivity index (χ2n) is 4.75. The number of aromatic nitrogens is 1. The van der Waals surface area contributed by atoms with Crippen LogP contribution in [-0.2, 0) is 12.3 Å². The summed E-state index contributed by atoms with van der Waals surface area (Å²) in [7, 11) is 0. The standard InChI is InChI=1S/C12H19ClN2OS/c1-9-7-15(4-2-11(9)16)5-3-12-14-10(6-13)8-17-12/h8-9,11,16H,2-7H2,1H3. The van der Waals surface area contributed by atoms with Crippen LogP contribution in [0.5, 0.6) is 0 Å². The van der Waals surface area contributed by atoms with Crippen LogP contribution in [0.2, 0.25) is 0 Å². The number of hydrogen-bond acceptors (Lipinski definition) is 4. The molecule has 0 aliphatic carbocycles. The van der Waals surface area contributed by atoms with Crippen molar-refractivity contribution in [3.05, 3.63) is 16.1 Å². The van der Waals surface area contributed by atoms with E-state index in [1.54, 1.807) is 11.3 Å². The van der Waals surface area contributed by atoms with E-state index in [0.717, 1.165) is 38.2 Å². The topological polar surface area (TPSA) is 36.4 Å². The van der Waals surface area contributed by atoms with Crippen molar-refractivity contribution in [3.63, 3.8) is 0 Å². The van der Waals surface area contributed by atoms with E-state index >= 15 is 0 Å². The maximum Gasteiger partial charge on any atom is 0.0941 e. The summed E-state index contributed by atoms with van der Waals surface area (Å²) in [6, 6.07) is 0. The number of rotatable bonds is 4. The smallest absolute Gasteiger partial charge is 0.0941 e. The number of nitrogens with zero attached hydrogens (tertiary/aromatic N) is 2. The Morgan fingerprint density at radius 1 is 1.65 bits per heavy atom. The zero-order valence-corrected chi connectivity index (χ0v) is 11.7. The number of thiazole rings is 1. The Labute approximate surface area is 111 Å². The Morgan fingerprint density at radius 2 is 2.47 bits per heavy atom. The molecule has 1 aliphatic rings. The summed E-state index contributed by atoms with van der Waals surface area (Å²) in [6.45, 7) is 5.15. The lowest BCUT2D eigenvalue weighted by atomic mass is 9.97. The molecule has 0 saturated carbocycles. The molecule has 0 spiro atoms. The molecule has 96 valence electrons. The molecule has 17 heavy (non-hydrogen) atoms. The largest absolute Gasteiger partial charge is 0.393 e. The Hall–Kier alpha value is -0.160. The van der Waals surface area contributed by atoms with Crippen molar-refractivity contribution in [2.24, 2.45) is 5.92 Å². The summed E-state index contributed by atoms with van der Waals surface area (Å²) < 4.78 is 0. The highest BCUT2D eigenvalue weighted by Gasteiger charge is 2.23. The molecule has 1 fully saturated rings. The van der Waals surface area contributed by atoms with Gasteiger partial charge in [0.1, 0.15) is 0 Å². The van der Waals surface area contributed by atoms with Crippen molar-refractivity contribution >= 4 is 22.9 Å². The summed E-state index contributed by atoms with van der Waals surface area (Å²) in [6.07, 6.45) is 1.77. The van der Waals surface area contributed by atoms with Crippen molar-refractivity contribution in [1.82, 2.24) is 9.88 Å². The zero-order valence-electron chi connectivity index (χ0n) is 10.1. The zero-order chi connectivity index (χ0) is 12.3. The van der Waals surface area contributed by atoms with Gasteiger partial charge in [-0.3, -0.25) is 0 Å². The molecule has 2 unspecified atom stereocenters. The lowest BCUT2D eigenvalue weighted by Gasteiger charge is -2.34. The Morgan fingerprint density at radius 3 is 3.12 bits per heavy atom. The van der Waals surface area contributed by atoms with Crippen LogP contribution in [0.15, 0.2) is 5.38 Å². The third kappa shape index (κ3) is 3.65. The quantitative estimate of drug-likeness (QED) is 0.855. The van der Waals surface area contributed by atoms with Crippen LogP contribution in [0.4, 0.5) is 0 Å². The van der Waals surface area contributed by atoms with Gasteiger partial charge in [0, 0.05) is 31.4 Å². The summed E-state index contributed by atoms with van der Waals surface area (Å²) in [4.78, 5) is 6.87. The number of aliphatic hydroxyl groups is 1. The van der Waals surface area contributed by atoms with Gasteiger partial charge in [-0.1, -0.05) is 6.92 Å². The van der Waals surface area contributed by atoms with Crippen molar-refractivity contribution < 1.29 is 5.11 Å². The van der Waals surface area contributed by atoms with E-state index in [-0.39, 0.29) is 6.10 Å². The van der Waals surface area contributed by atoms with Gasteiger partial charge in [-0.05, 0) is 12.3 Å². The SMILES string of the molecule is CC1CN(CCc2nc(CCl)cs2)CCC1O. The molecule has 1 aliphatic heterocycles. The van der Waals surface area contributed by atoms with Gasteiger partial charge in [-0.2, -0.15) is 0 Å². The minimum absolute atomic E-state index is 0.117. The van der Waals surface area contributed by atoms with Gasteiger partial charge in [0.05, 0.1) is 22.7 Å². The predicted molar refractivity (Wildman–Crippen MR) is 71.6 cm³/mol. The van der Waals surface area contributed by atoms with Crippen LogP contribution >= 0.6 is 22.9 Å². The fourth-order valence-corrected chi connectivity index (χ4v) is 3.22. The van der Waals surface area contributed by atoms with E-state index in [2.05, 4.69) is 16.8 Å². The van der Waals surface area contributed by atoms with Gasteiger partial charge in [0.25, 0.3) is 0 Å². The summed E-state index contributed by atoms with van der Waals surface area (Å²) in [5.41, 5.74) is 0.981. The van der Waals surface area contributed by atoms with Crippen molar-refractivity contribution in [1.29, 1.82) is 0 Å². The minimum atomic E-state index is -0.117. The van der Waals surface area contributed by atoms with Gasteiger partial charge in [0.15, 0.2) is 0 Å². The lowest BCUT2D eigenvalue weighted by molar-refractivity contribution is 0.0356. The Bertz CT molecular complexity index is 358. The summed E-state index contributed by atoms with van der Waals surface area (Å²) >= 11 is 7.42. The molecule has 3 nitrogen and oxygen atoms in total. The molecule has 1 aromatic rings. The van der Waals surface area contributed by atoms with Crippen LogP contribution in [0, 0.1) is 5.92 Å². The average molecular weight is 275 g/mol. The number of halogens is 1. The number of likely N-dealkylation sites (tertiary alicyclic amines) is 1. The van der Waals surface area contributed by atoms with Gasteiger partial charge < -0.3 is 10.0 Å². The fourth-order valence-electron chi connectivity index (χ4n) is 2.20. The third-order valence-electron chi connectivity index (χ3n) is 3.32. The van der Waals surface area contributed by atoms with Crippen LogP contribution < -0.4 is 0 Å². The van der Waals surface area contributed by atoms with E-state index in [1.165, 1.54) is 5.01 Å². The second-order valence-corrected chi connectivity index (χ2v) is 5.96. The molecule has 5 heteroatoms. The normalized spacial score (nSPS) is 26.3. The molecule has 2 rings (SSSR count). The molecule has 1 saturated heterocycles. The number of alkyl halides is 1. The molecule has 0 amide bonds. The maximum absolute atomic E-state index is 9.66. The first-order valence-electron chi connectivity index (χ1n) is 6.08. The first-order chi connectivity index (χ1) is 8.19. The molecular weight excluding hydrogens is 256 g/mol. The molecular formula is C12H19ClN2OS. The van der Waals surface area contributed by atoms with Gasteiger partial charge in [0.2, 0.25) is 0 Å². The maximum atomic E-state index is 9.66. The molecule has 0 aromatic carbocycles. The molecule has 0 radical (unpaired) electrons. The number of hydrogen-bond donors (Lipinski definition) is 1. The van der Waals surface area contributed by atoms with E-state index in [9.17, 15) is 5.11 Å². The monoisotopic (exact) mass is 274 g/mol. The van der Waals surface area contributed by atoms with Gasteiger partial charge in [-0.25, -0.2) is 4.98 Å². The van der Waals surface area contributed by atoms with Gasteiger partial charge in [-0.15, -0.1) is 22.9 Å². The van der Waals surface area contributed by atoms with Crippen molar-refractivity contribution in [2.45, 2.75) is 31.7 Å². The Balaban J connectivity index is 1.78. The third-order valence-corrected chi connectivity index (χ3v) is 4.55. The molecule has 0 bridgehead atoms. The molecule has 2 atom stereocenters. The Kier molecular flexibility index (Phi) is 4.79. The average Bonchev–Trinajstić information content (AvgIpc) is 2.79. The number of piperidine rings is 1. The molecule has 1 N–H and O–H groups in total. The van der Waals surface area contributed by atoms with Crippen LogP contribution in [0.3, 0.4) is 0 Å². The van der Waals surface area contributed by atoms with Crippen molar-refractivity contribution in [2.75, 3.05) is 19.6 Å². The van der Waals surface area contributed by atoms with Gasteiger partial charge >= 0.3 is 0 Å². The molecule has 2 heterocycles. The molecule has 1 aromatic heterocycles. The van der Waals surface area contributed by atoms with E-state index in [4.69, 9.17) is 11.6 Å². The minimum Gasteiger partial charge on any atom is -0.393 e. The van der Waals surface area contributed by atoms with Crippen LogP contribution in [0.25, 0.3) is 0 Å². The lowest BCUT2D eigenvalue weighted by Crippen LogP contribution is -2.42. The first kappa shape index (κ1) is 13.3. The van der Waals surface area contributed by atoms with E-state index < -0.39 is 0 Å². The highest BCUT2D eigenvalue weighted by molar-refractivity contribution is 7.09. The van der Waals surface area contributed by atoms with Crippen LogP contribution in [0.1, 0.15) is 24.0 Å². The van der Waals surface area contributed by atoms with Crippen LogP contribution in [-0.4, -0.2) is 40.7 Å². The van der Waals surface area contributed by atoms with Crippen molar-refractivity contribution in [3.8, 4) is 0 Å². The first-order valence-corrected chi connectivity index (χ1v) is 7.50. The van der Waals surface area contributed by atoms with E-state index in [0.29, 0.717) is 11.8 Å². The summed E-state index contributed by atoms with van der Waals surface area (Å²) in [5, 5.41) is 12.9. The second kappa shape index (κ2) is 6.14. The fraction of sp³-hybridized carbons (Fsp3) is 0.750. The summed E-state index contributed by atoms with van der Waals surface area (Å²) in [5.74, 6) is 0.891. The highest BCUT2D eigenvalue weighted by atomic mass is 35.5. The van der Waals surface area contributed by atoms with E-state index in [1.807, 2.05) is 5.38 Å². The highest BCUT2D eigenvalue weighted by Crippen LogP contribution is 2.18.